The first-order valence-electron chi connectivity index (χ1n) is 13.2. The van der Waals surface area contributed by atoms with Gasteiger partial charge in [0.2, 0.25) is 5.90 Å². The largest absolute Gasteiger partial charge is 0.475 e. The van der Waals surface area contributed by atoms with Gasteiger partial charge < -0.3 is 35.1 Å². The highest BCUT2D eigenvalue weighted by molar-refractivity contribution is 6.01. The molecule has 204 valence electrons. The second kappa shape index (κ2) is 10.2. The molecular formula is C29H33N5O5. The van der Waals surface area contributed by atoms with Crippen LogP contribution in [0, 0.1) is 0 Å². The van der Waals surface area contributed by atoms with E-state index < -0.39 is 11.9 Å². The highest BCUT2D eigenvalue weighted by Crippen LogP contribution is 2.41. The third-order valence-corrected chi connectivity index (χ3v) is 7.51. The first-order valence-corrected chi connectivity index (χ1v) is 13.2. The number of fused-ring (bicyclic) bond motifs is 1. The molecule has 4 N–H and O–H groups in total. The molecule has 3 aliphatic heterocycles. The molecule has 5 heterocycles. The molecule has 1 fully saturated rings. The monoisotopic (exact) mass is 531 g/mol. The molecule has 1 spiro atoms. The van der Waals surface area contributed by atoms with Gasteiger partial charge in [-0.05, 0) is 44.4 Å². The molecule has 1 saturated heterocycles. The molecule has 39 heavy (non-hydrogen) atoms. The van der Waals surface area contributed by atoms with Crippen LogP contribution in [-0.4, -0.2) is 58.0 Å². The van der Waals surface area contributed by atoms with E-state index in [2.05, 4.69) is 15.6 Å². The lowest BCUT2D eigenvalue weighted by Gasteiger charge is -2.28. The SMILES string of the molecule is CC1(C)OC(O)c2ccc(Nc3cc(N[C@H](CO)c4ccccc4)c(C4=NC5(CCOCC5)CO4)cn3)nc21. The van der Waals surface area contributed by atoms with Crippen molar-refractivity contribution in [1.29, 1.82) is 0 Å². The number of hydrogen-bond acceptors (Lipinski definition) is 10. The lowest BCUT2D eigenvalue weighted by atomic mass is 9.92. The van der Waals surface area contributed by atoms with Gasteiger partial charge in [0, 0.05) is 31.0 Å². The van der Waals surface area contributed by atoms with Crippen LogP contribution in [0.2, 0.25) is 0 Å². The molecular weight excluding hydrogens is 498 g/mol. The Bertz CT molecular complexity index is 1370. The van der Waals surface area contributed by atoms with Gasteiger partial charge in [-0.1, -0.05) is 30.3 Å². The van der Waals surface area contributed by atoms with Gasteiger partial charge in [0.05, 0.1) is 29.6 Å². The van der Waals surface area contributed by atoms with Crippen molar-refractivity contribution in [3.05, 3.63) is 77.1 Å². The Kier molecular flexibility index (Phi) is 6.72. The van der Waals surface area contributed by atoms with Crippen molar-refractivity contribution in [2.75, 3.05) is 37.1 Å². The standard InChI is InChI=1S/C29H33N5O5/c1-28(2)25-19(27(36)39-28)8-9-23(33-25)32-24-14-21(31-22(16-35)18-6-4-3-5-7-18)20(15-30-24)26-34-29(17-38-26)10-12-37-13-11-29/h3-9,14-15,22,27,35-36H,10-13,16-17H2,1-2H3,(H2,30,31,32,33)/t22-,27?/m1/s1. The predicted octanol–water partition coefficient (Wildman–Crippen LogP) is 3.95. The van der Waals surface area contributed by atoms with Gasteiger partial charge in [0.15, 0.2) is 6.29 Å². The average Bonchev–Trinajstić information content (AvgIpc) is 3.44. The number of rotatable bonds is 7. The Balaban J connectivity index is 1.34. The molecule has 10 nitrogen and oxygen atoms in total. The molecule has 0 amide bonds. The maximum Gasteiger partial charge on any atom is 0.220 e. The van der Waals surface area contributed by atoms with Crippen molar-refractivity contribution in [1.82, 2.24) is 9.97 Å². The lowest BCUT2D eigenvalue weighted by Crippen LogP contribution is -2.35. The molecule has 0 aliphatic carbocycles. The van der Waals surface area contributed by atoms with Gasteiger partial charge >= 0.3 is 0 Å². The number of hydrogen-bond donors (Lipinski definition) is 4. The van der Waals surface area contributed by atoms with E-state index in [1.54, 1.807) is 12.3 Å². The summed E-state index contributed by atoms with van der Waals surface area (Å²) in [5.41, 5.74) is 2.74. The number of nitrogens with zero attached hydrogens (tertiary/aromatic N) is 3. The van der Waals surface area contributed by atoms with E-state index in [1.165, 1.54) is 0 Å². The quantitative estimate of drug-likeness (QED) is 0.358. The highest BCUT2D eigenvalue weighted by atomic mass is 16.6. The van der Waals surface area contributed by atoms with Gasteiger partial charge in [-0.2, -0.15) is 0 Å². The number of aliphatic imine (C=N–C) groups is 1. The van der Waals surface area contributed by atoms with Crippen LogP contribution in [0.5, 0.6) is 0 Å². The van der Waals surface area contributed by atoms with Crippen LogP contribution in [0.3, 0.4) is 0 Å². The molecule has 2 atom stereocenters. The second-order valence-electron chi connectivity index (χ2n) is 10.7. The van der Waals surface area contributed by atoms with Crippen LogP contribution in [-0.2, 0) is 19.8 Å². The summed E-state index contributed by atoms with van der Waals surface area (Å²) in [5, 5.41) is 27.2. The van der Waals surface area contributed by atoms with Crippen LogP contribution >= 0.6 is 0 Å². The summed E-state index contributed by atoms with van der Waals surface area (Å²) in [6.45, 7) is 5.49. The summed E-state index contributed by atoms with van der Waals surface area (Å²) in [5.74, 6) is 1.66. The number of benzene rings is 1. The summed E-state index contributed by atoms with van der Waals surface area (Å²) in [7, 11) is 0. The number of aromatic nitrogens is 2. The summed E-state index contributed by atoms with van der Waals surface area (Å²) >= 11 is 0. The van der Waals surface area contributed by atoms with Crippen LogP contribution in [0.4, 0.5) is 17.3 Å². The molecule has 0 saturated carbocycles. The van der Waals surface area contributed by atoms with Crippen molar-refractivity contribution >= 4 is 23.2 Å². The Labute approximate surface area is 227 Å². The minimum absolute atomic E-state index is 0.104. The Morgan fingerprint density at radius 3 is 2.64 bits per heavy atom. The predicted molar refractivity (Wildman–Crippen MR) is 146 cm³/mol. The second-order valence-corrected chi connectivity index (χ2v) is 10.7. The molecule has 2 aromatic heterocycles. The minimum atomic E-state index is -0.996. The van der Waals surface area contributed by atoms with E-state index in [-0.39, 0.29) is 18.2 Å². The molecule has 3 aliphatic rings. The number of aliphatic hydroxyl groups is 2. The van der Waals surface area contributed by atoms with Crippen molar-refractivity contribution in [2.45, 2.75) is 50.2 Å². The van der Waals surface area contributed by atoms with Gasteiger partial charge in [-0.25, -0.2) is 15.0 Å². The van der Waals surface area contributed by atoms with E-state index in [9.17, 15) is 10.2 Å². The number of ether oxygens (including phenoxy) is 3. The van der Waals surface area contributed by atoms with Crippen LogP contribution in [0.1, 0.15) is 61.4 Å². The Hall–Kier alpha value is -3.57. The Morgan fingerprint density at radius 1 is 1.08 bits per heavy atom. The van der Waals surface area contributed by atoms with E-state index in [0.29, 0.717) is 48.6 Å². The Morgan fingerprint density at radius 2 is 1.87 bits per heavy atom. The fourth-order valence-corrected chi connectivity index (χ4v) is 5.30. The van der Waals surface area contributed by atoms with E-state index in [1.807, 2.05) is 56.3 Å². The van der Waals surface area contributed by atoms with Gasteiger partial charge in [-0.3, -0.25) is 0 Å². The molecule has 3 aromatic rings. The molecule has 0 radical (unpaired) electrons. The first-order chi connectivity index (χ1) is 18.9. The van der Waals surface area contributed by atoms with Crippen LogP contribution in [0.25, 0.3) is 0 Å². The third-order valence-electron chi connectivity index (χ3n) is 7.51. The summed E-state index contributed by atoms with van der Waals surface area (Å²) < 4.78 is 17.3. The molecule has 10 heteroatoms. The number of pyridine rings is 2. The zero-order valence-corrected chi connectivity index (χ0v) is 22.1. The fraction of sp³-hybridized carbons (Fsp3) is 0.414. The maximum absolute atomic E-state index is 10.2. The number of anilines is 3. The average molecular weight is 532 g/mol. The zero-order valence-electron chi connectivity index (χ0n) is 22.1. The maximum atomic E-state index is 10.2. The van der Waals surface area contributed by atoms with Crippen LogP contribution in [0.15, 0.2) is 59.7 Å². The number of nitrogens with one attached hydrogen (secondary N) is 2. The van der Waals surface area contributed by atoms with Gasteiger partial charge in [-0.15, -0.1) is 0 Å². The fourth-order valence-electron chi connectivity index (χ4n) is 5.30. The minimum Gasteiger partial charge on any atom is -0.475 e. The van der Waals surface area contributed by atoms with E-state index in [4.69, 9.17) is 24.2 Å². The molecule has 1 unspecified atom stereocenters. The van der Waals surface area contributed by atoms with E-state index >= 15 is 0 Å². The summed E-state index contributed by atoms with van der Waals surface area (Å²) in [6, 6.07) is 14.9. The van der Waals surface area contributed by atoms with Crippen molar-refractivity contribution < 1.29 is 24.4 Å². The molecule has 1 aromatic carbocycles. The topological polar surface area (TPSA) is 130 Å². The molecule has 0 bridgehead atoms. The van der Waals surface area contributed by atoms with Gasteiger partial charge in [0.25, 0.3) is 0 Å². The van der Waals surface area contributed by atoms with Crippen molar-refractivity contribution in [3.8, 4) is 0 Å². The zero-order chi connectivity index (χ0) is 27.0. The smallest absolute Gasteiger partial charge is 0.220 e. The lowest BCUT2D eigenvalue weighted by molar-refractivity contribution is -0.158. The highest BCUT2D eigenvalue weighted by Gasteiger charge is 2.40. The van der Waals surface area contributed by atoms with Crippen LogP contribution < -0.4 is 10.6 Å². The molecule has 6 rings (SSSR count). The first kappa shape index (κ1) is 25.7. The number of aliphatic hydroxyl groups excluding tert-OH is 2. The normalized spacial score (nSPS) is 21.6. The van der Waals surface area contributed by atoms with Crippen molar-refractivity contribution in [2.24, 2.45) is 4.99 Å². The van der Waals surface area contributed by atoms with Crippen molar-refractivity contribution in [3.63, 3.8) is 0 Å². The summed E-state index contributed by atoms with van der Waals surface area (Å²) in [4.78, 5) is 14.3. The van der Waals surface area contributed by atoms with Gasteiger partial charge in [0.1, 0.15) is 29.4 Å². The summed E-state index contributed by atoms with van der Waals surface area (Å²) in [6.07, 6.45) is 2.36. The van der Waals surface area contributed by atoms with E-state index in [0.717, 1.165) is 29.7 Å². The third kappa shape index (κ3) is 5.08.